The third-order valence-electron chi connectivity index (χ3n) is 2.72. The van der Waals surface area contributed by atoms with Gasteiger partial charge in [-0.25, -0.2) is 0 Å². The highest BCUT2D eigenvalue weighted by molar-refractivity contribution is 5.05. The van der Waals surface area contributed by atoms with Crippen molar-refractivity contribution in [1.29, 1.82) is 0 Å². The average molecular weight is 126 g/mol. The largest absolute Gasteiger partial charge is 0.369 e. The lowest BCUT2D eigenvalue weighted by atomic mass is 9.92. The van der Waals surface area contributed by atoms with E-state index >= 15 is 0 Å². The van der Waals surface area contributed by atoms with Gasteiger partial charge < -0.3 is 4.74 Å². The van der Waals surface area contributed by atoms with Crippen molar-refractivity contribution in [2.45, 2.75) is 32.3 Å². The molecule has 0 bridgehead atoms. The maximum absolute atomic E-state index is 5.48. The Morgan fingerprint density at radius 2 is 2.00 bits per heavy atom. The zero-order valence-electron chi connectivity index (χ0n) is 6.18. The topological polar surface area (TPSA) is 12.5 Å². The molecular weight excluding hydrogens is 112 g/mol. The molecule has 0 aromatic heterocycles. The number of hydrogen-bond donors (Lipinski definition) is 0. The van der Waals surface area contributed by atoms with E-state index < -0.39 is 0 Å². The van der Waals surface area contributed by atoms with Crippen molar-refractivity contribution in [1.82, 2.24) is 0 Å². The van der Waals surface area contributed by atoms with Gasteiger partial charge in [0, 0.05) is 0 Å². The van der Waals surface area contributed by atoms with E-state index in [0.717, 1.165) is 18.4 Å². The molecule has 0 aromatic carbocycles. The third-order valence-corrected chi connectivity index (χ3v) is 2.72. The van der Waals surface area contributed by atoms with Gasteiger partial charge in [-0.1, -0.05) is 13.8 Å². The van der Waals surface area contributed by atoms with Crippen LogP contribution >= 0.6 is 0 Å². The Morgan fingerprint density at radius 1 is 1.44 bits per heavy atom. The van der Waals surface area contributed by atoms with Crippen LogP contribution in [0.3, 0.4) is 0 Å². The average Bonchev–Trinajstić information content (AvgIpc) is 2.61. The summed E-state index contributed by atoms with van der Waals surface area (Å²) in [5, 5.41) is 0. The second-order valence-electron chi connectivity index (χ2n) is 3.67. The van der Waals surface area contributed by atoms with Crippen LogP contribution in [0.15, 0.2) is 0 Å². The Morgan fingerprint density at radius 3 is 2.11 bits per heavy atom. The molecule has 1 unspecified atom stereocenters. The third kappa shape index (κ3) is 0.710. The van der Waals surface area contributed by atoms with Crippen molar-refractivity contribution < 1.29 is 4.74 Å². The number of epoxide rings is 1. The molecule has 0 spiro atoms. The molecule has 2 aliphatic rings. The van der Waals surface area contributed by atoms with Gasteiger partial charge in [-0.05, 0) is 24.7 Å². The van der Waals surface area contributed by atoms with Crippen molar-refractivity contribution in [2.24, 2.45) is 11.8 Å². The molecule has 0 N–H and O–H groups in total. The van der Waals surface area contributed by atoms with Gasteiger partial charge in [0.2, 0.25) is 0 Å². The summed E-state index contributed by atoms with van der Waals surface area (Å²) < 4.78 is 5.48. The van der Waals surface area contributed by atoms with Crippen molar-refractivity contribution in [3.05, 3.63) is 0 Å². The molecule has 2 fully saturated rings. The highest BCUT2D eigenvalue weighted by atomic mass is 16.6. The summed E-state index contributed by atoms with van der Waals surface area (Å²) in [5.41, 5.74) is 0.361. The maximum Gasteiger partial charge on any atom is 0.0967 e. The highest BCUT2D eigenvalue weighted by Crippen LogP contribution is 2.53. The van der Waals surface area contributed by atoms with E-state index in [0.29, 0.717) is 5.60 Å². The van der Waals surface area contributed by atoms with E-state index in [2.05, 4.69) is 13.8 Å². The van der Waals surface area contributed by atoms with Gasteiger partial charge in [-0.2, -0.15) is 0 Å². The molecule has 1 heterocycles. The lowest BCUT2D eigenvalue weighted by Gasteiger charge is -2.13. The number of hydrogen-bond acceptors (Lipinski definition) is 1. The second kappa shape index (κ2) is 1.51. The maximum atomic E-state index is 5.48. The smallest absolute Gasteiger partial charge is 0.0967 e. The van der Waals surface area contributed by atoms with E-state index in [1.807, 2.05) is 0 Å². The zero-order chi connectivity index (χ0) is 6.48. The first-order valence-corrected chi connectivity index (χ1v) is 3.89. The van der Waals surface area contributed by atoms with Crippen LogP contribution in [0.4, 0.5) is 0 Å². The van der Waals surface area contributed by atoms with E-state index in [-0.39, 0.29) is 0 Å². The Kier molecular flexibility index (Phi) is 0.963. The molecule has 1 atom stereocenters. The van der Waals surface area contributed by atoms with Crippen LogP contribution in [-0.2, 0) is 4.74 Å². The molecule has 1 saturated carbocycles. The fourth-order valence-corrected chi connectivity index (χ4v) is 1.70. The molecule has 52 valence electrons. The molecule has 0 radical (unpaired) electrons. The molecule has 0 aromatic rings. The summed E-state index contributed by atoms with van der Waals surface area (Å²) >= 11 is 0. The molecule has 1 heteroatoms. The lowest BCUT2D eigenvalue weighted by Crippen LogP contribution is -2.21. The van der Waals surface area contributed by atoms with Gasteiger partial charge in [-0.15, -0.1) is 0 Å². The van der Waals surface area contributed by atoms with E-state index in [1.165, 1.54) is 12.8 Å². The van der Waals surface area contributed by atoms with Gasteiger partial charge in [0.15, 0.2) is 0 Å². The fourth-order valence-electron chi connectivity index (χ4n) is 1.70. The minimum atomic E-state index is 0.361. The summed E-state index contributed by atoms with van der Waals surface area (Å²) in [5.74, 6) is 1.67. The molecular formula is C8H14O. The van der Waals surface area contributed by atoms with Gasteiger partial charge in [-0.3, -0.25) is 0 Å². The van der Waals surface area contributed by atoms with Crippen LogP contribution in [0.5, 0.6) is 0 Å². The SMILES string of the molecule is CC(C)C1(C2CC2)CO1. The Bertz CT molecular complexity index is 117. The monoisotopic (exact) mass is 126 g/mol. The molecule has 1 aliphatic carbocycles. The normalized spacial score (nSPS) is 41.7. The second-order valence-corrected chi connectivity index (χ2v) is 3.67. The van der Waals surface area contributed by atoms with Crippen molar-refractivity contribution in [2.75, 3.05) is 6.61 Å². The predicted molar refractivity (Wildman–Crippen MR) is 36.2 cm³/mol. The Balaban J connectivity index is 2.04. The van der Waals surface area contributed by atoms with Crippen LogP contribution in [0.2, 0.25) is 0 Å². The van der Waals surface area contributed by atoms with Gasteiger partial charge >= 0.3 is 0 Å². The van der Waals surface area contributed by atoms with Crippen LogP contribution < -0.4 is 0 Å². The van der Waals surface area contributed by atoms with Crippen LogP contribution in [-0.4, -0.2) is 12.2 Å². The quantitative estimate of drug-likeness (QED) is 0.514. The number of rotatable bonds is 2. The lowest BCUT2D eigenvalue weighted by molar-refractivity contribution is 0.212. The number of ether oxygens (including phenoxy) is 1. The van der Waals surface area contributed by atoms with Crippen molar-refractivity contribution in [3.8, 4) is 0 Å². The Hall–Kier alpha value is -0.0400. The van der Waals surface area contributed by atoms with Crippen molar-refractivity contribution >= 4 is 0 Å². The minimum absolute atomic E-state index is 0.361. The summed E-state index contributed by atoms with van der Waals surface area (Å²) in [7, 11) is 0. The summed E-state index contributed by atoms with van der Waals surface area (Å²) in [6, 6.07) is 0. The summed E-state index contributed by atoms with van der Waals surface area (Å²) in [4.78, 5) is 0. The van der Waals surface area contributed by atoms with Gasteiger partial charge in [0.25, 0.3) is 0 Å². The van der Waals surface area contributed by atoms with E-state index in [4.69, 9.17) is 4.74 Å². The Labute approximate surface area is 56.4 Å². The first-order valence-electron chi connectivity index (χ1n) is 3.89. The zero-order valence-corrected chi connectivity index (χ0v) is 6.18. The highest BCUT2D eigenvalue weighted by Gasteiger charge is 2.57. The molecule has 9 heavy (non-hydrogen) atoms. The van der Waals surface area contributed by atoms with E-state index in [9.17, 15) is 0 Å². The first kappa shape index (κ1) is 5.72. The molecule has 1 saturated heterocycles. The summed E-state index contributed by atoms with van der Waals surface area (Å²) in [6.45, 7) is 5.58. The van der Waals surface area contributed by atoms with Gasteiger partial charge in [0.05, 0.1) is 12.2 Å². The molecule has 1 aliphatic heterocycles. The van der Waals surface area contributed by atoms with Crippen LogP contribution in [0.1, 0.15) is 26.7 Å². The summed E-state index contributed by atoms with van der Waals surface area (Å²) in [6.07, 6.45) is 2.83. The molecule has 2 rings (SSSR count). The molecule has 0 amide bonds. The van der Waals surface area contributed by atoms with Crippen LogP contribution in [0.25, 0.3) is 0 Å². The van der Waals surface area contributed by atoms with Gasteiger partial charge in [0.1, 0.15) is 0 Å². The standard InChI is InChI=1S/C8H14O/c1-6(2)8(5-9-8)7-3-4-7/h6-7H,3-5H2,1-2H3. The molecule has 1 nitrogen and oxygen atoms in total. The minimum Gasteiger partial charge on any atom is -0.369 e. The first-order chi connectivity index (χ1) is 4.26. The fraction of sp³-hybridized carbons (Fsp3) is 1.00. The predicted octanol–water partition coefficient (Wildman–Crippen LogP) is 1.82. The van der Waals surface area contributed by atoms with Crippen LogP contribution in [0, 0.1) is 11.8 Å². The van der Waals surface area contributed by atoms with E-state index in [1.54, 1.807) is 0 Å². The van der Waals surface area contributed by atoms with Crippen molar-refractivity contribution in [3.63, 3.8) is 0 Å².